The lowest BCUT2D eigenvalue weighted by molar-refractivity contribution is -0.127. The Balaban J connectivity index is 1.94. The van der Waals surface area contributed by atoms with Gasteiger partial charge in [0.05, 0.1) is 25.2 Å². The first kappa shape index (κ1) is 24.3. The van der Waals surface area contributed by atoms with E-state index in [0.717, 1.165) is 11.8 Å². The standard InChI is InChI=1S/C22H30N2O6S/c1-15(2)29-20-12-7-17(13-21(20)28-5)14-23-22(25)16(3)30-19-10-8-18(9-11-19)24(4)31(6,26)27/h7-13,15-16H,14H2,1-6H3,(H,23,25). The number of benzene rings is 2. The van der Waals surface area contributed by atoms with Gasteiger partial charge in [0.1, 0.15) is 5.75 Å². The van der Waals surface area contributed by atoms with E-state index in [9.17, 15) is 13.2 Å². The summed E-state index contributed by atoms with van der Waals surface area (Å²) in [5.74, 6) is 1.43. The van der Waals surface area contributed by atoms with Gasteiger partial charge in [-0.1, -0.05) is 6.07 Å². The summed E-state index contributed by atoms with van der Waals surface area (Å²) in [6.07, 6.45) is 0.423. The molecular weight excluding hydrogens is 420 g/mol. The number of amides is 1. The van der Waals surface area contributed by atoms with E-state index in [4.69, 9.17) is 14.2 Å². The quantitative estimate of drug-likeness (QED) is 0.598. The van der Waals surface area contributed by atoms with Crippen molar-refractivity contribution < 1.29 is 27.4 Å². The number of ether oxygens (including phenoxy) is 3. The first-order valence-electron chi connectivity index (χ1n) is 9.83. The van der Waals surface area contributed by atoms with Crippen molar-refractivity contribution in [3.8, 4) is 17.2 Å². The maximum atomic E-state index is 12.4. The maximum absolute atomic E-state index is 12.4. The summed E-state index contributed by atoms with van der Waals surface area (Å²) in [5, 5.41) is 2.83. The highest BCUT2D eigenvalue weighted by atomic mass is 32.2. The molecule has 0 spiro atoms. The molecule has 2 aromatic rings. The predicted octanol–water partition coefficient (Wildman–Crippen LogP) is 2.96. The summed E-state index contributed by atoms with van der Waals surface area (Å²) in [5.41, 5.74) is 1.37. The molecule has 8 nitrogen and oxygen atoms in total. The summed E-state index contributed by atoms with van der Waals surface area (Å²) in [6, 6.07) is 12.0. The fraction of sp³-hybridized carbons (Fsp3) is 0.409. The Bertz CT molecular complexity index is 990. The number of methoxy groups -OCH3 is 1. The van der Waals surface area contributed by atoms with Crippen molar-refractivity contribution in [1.82, 2.24) is 5.32 Å². The van der Waals surface area contributed by atoms with E-state index in [0.29, 0.717) is 29.5 Å². The number of sulfonamides is 1. The van der Waals surface area contributed by atoms with Crippen molar-refractivity contribution in [2.45, 2.75) is 39.5 Å². The van der Waals surface area contributed by atoms with Crippen molar-refractivity contribution in [2.75, 3.05) is 24.7 Å². The lowest BCUT2D eigenvalue weighted by Gasteiger charge is -2.18. The van der Waals surface area contributed by atoms with Gasteiger partial charge in [-0.25, -0.2) is 8.42 Å². The summed E-state index contributed by atoms with van der Waals surface area (Å²) >= 11 is 0. The summed E-state index contributed by atoms with van der Waals surface area (Å²) in [7, 11) is -0.302. The number of hydrogen-bond acceptors (Lipinski definition) is 6. The van der Waals surface area contributed by atoms with Crippen LogP contribution in [-0.2, 0) is 21.4 Å². The van der Waals surface area contributed by atoms with E-state index in [2.05, 4.69) is 5.32 Å². The predicted molar refractivity (Wildman–Crippen MR) is 120 cm³/mol. The third-order valence-electron chi connectivity index (χ3n) is 4.44. The number of hydrogen-bond donors (Lipinski definition) is 1. The molecule has 170 valence electrons. The van der Waals surface area contributed by atoms with Gasteiger partial charge < -0.3 is 19.5 Å². The molecule has 0 aliphatic heterocycles. The van der Waals surface area contributed by atoms with Crippen LogP contribution in [0.3, 0.4) is 0 Å². The van der Waals surface area contributed by atoms with Crippen LogP contribution in [0.1, 0.15) is 26.3 Å². The molecule has 1 N–H and O–H groups in total. The zero-order valence-electron chi connectivity index (χ0n) is 18.7. The number of rotatable bonds is 10. The molecule has 0 aliphatic carbocycles. The molecule has 0 radical (unpaired) electrons. The van der Waals surface area contributed by atoms with Crippen molar-refractivity contribution in [1.29, 1.82) is 0 Å². The first-order chi connectivity index (χ1) is 14.5. The highest BCUT2D eigenvalue weighted by Gasteiger charge is 2.16. The van der Waals surface area contributed by atoms with Crippen molar-refractivity contribution >= 4 is 21.6 Å². The zero-order chi connectivity index (χ0) is 23.2. The third-order valence-corrected chi connectivity index (χ3v) is 5.64. The molecule has 0 bridgehead atoms. The van der Waals surface area contributed by atoms with Crippen LogP contribution in [0.2, 0.25) is 0 Å². The highest BCUT2D eigenvalue weighted by molar-refractivity contribution is 7.92. The summed E-state index contributed by atoms with van der Waals surface area (Å²) < 4.78 is 41.1. The van der Waals surface area contributed by atoms with Gasteiger partial charge in [-0.15, -0.1) is 0 Å². The Labute approximate surface area is 184 Å². The minimum absolute atomic E-state index is 0.0262. The lowest BCUT2D eigenvalue weighted by Crippen LogP contribution is -2.35. The lowest BCUT2D eigenvalue weighted by atomic mass is 10.2. The van der Waals surface area contributed by atoms with Gasteiger partial charge in [0, 0.05) is 13.6 Å². The molecule has 9 heteroatoms. The molecule has 0 fully saturated rings. The Morgan fingerprint density at radius 2 is 1.68 bits per heavy atom. The van der Waals surface area contributed by atoms with Crippen molar-refractivity contribution in [3.63, 3.8) is 0 Å². The average Bonchev–Trinajstić information content (AvgIpc) is 2.71. The second kappa shape index (κ2) is 10.4. The van der Waals surface area contributed by atoms with E-state index < -0.39 is 16.1 Å². The van der Waals surface area contributed by atoms with E-state index in [1.54, 1.807) is 38.3 Å². The number of nitrogens with zero attached hydrogens (tertiary/aromatic N) is 1. The van der Waals surface area contributed by atoms with Crippen LogP contribution in [-0.4, -0.2) is 46.9 Å². The van der Waals surface area contributed by atoms with Crippen LogP contribution < -0.4 is 23.8 Å². The van der Waals surface area contributed by atoms with E-state index in [1.165, 1.54) is 11.4 Å². The van der Waals surface area contributed by atoms with Gasteiger partial charge in [0.2, 0.25) is 10.0 Å². The van der Waals surface area contributed by atoms with Gasteiger partial charge in [-0.2, -0.15) is 0 Å². The molecule has 2 aromatic carbocycles. The van der Waals surface area contributed by atoms with Crippen LogP contribution in [0.25, 0.3) is 0 Å². The SMILES string of the molecule is COc1cc(CNC(=O)C(C)Oc2ccc(N(C)S(C)(=O)=O)cc2)ccc1OC(C)C. The van der Waals surface area contributed by atoms with Gasteiger partial charge >= 0.3 is 0 Å². The second-order valence-corrected chi connectivity index (χ2v) is 9.37. The Kier molecular flexibility index (Phi) is 8.15. The maximum Gasteiger partial charge on any atom is 0.261 e. The summed E-state index contributed by atoms with van der Waals surface area (Å²) in [6.45, 7) is 5.83. The largest absolute Gasteiger partial charge is 0.493 e. The molecular formula is C22H30N2O6S. The van der Waals surface area contributed by atoms with Gasteiger partial charge in [0.25, 0.3) is 5.91 Å². The average molecular weight is 451 g/mol. The second-order valence-electron chi connectivity index (χ2n) is 7.35. The number of anilines is 1. The summed E-state index contributed by atoms with van der Waals surface area (Å²) in [4.78, 5) is 12.4. The molecule has 31 heavy (non-hydrogen) atoms. The number of carbonyl (C=O) groups is 1. The highest BCUT2D eigenvalue weighted by Crippen LogP contribution is 2.29. The molecule has 1 atom stereocenters. The smallest absolute Gasteiger partial charge is 0.261 e. The molecule has 1 unspecified atom stereocenters. The van der Waals surface area contributed by atoms with E-state index in [-0.39, 0.29) is 12.0 Å². The number of carbonyl (C=O) groups excluding carboxylic acids is 1. The number of nitrogens with one attached hydrogen (secondary N) is 1. The molecule has 2 rings (SSSR count). The monoisotopic (exact) mass is 450 g/mol. The fourth-order valence-corrected chi connectivity index (χ4v) is 3.19. The minimum atomic E-state index is -3.34. The fourth-order valence-electron chi connectivity index (χ4n) is 2.69. The van der Waals surface area contributed by atoms with Crippen LogP contribution >= 0.6 is 0 Å². The molecule has 0 aliphatic rings. The van der Waals surface area contributed by atoms with E-state index >= 15 is 0 Å². The Hall–Kier alpha value is -2.94. The zero-order valence-corrected chi connectivity index (χ0v) is 19.5. The van der Waals surface area contributed by atoms with Crippen molar-refractivity contribution in [2.24, 2.45) is 0 Å². The Morgan fingerprint density at radius 3 is 2.23 bits per heavy atom. The van der Waals surface area contributed by atoms with Gasteiger partial charge in [-0.05, 0) is 62.7 Å². The van der Waals surface area contributed by atoms with Crippen molar-refractivity contribution in [3.05, 3.63) is 48.0 Å². The topological polar surface area (TPSA) is 94.2 Å². The molecule has 0 saturated heterocycles. The third kappa shape index (κ3) is 7.06. The first-order valence-corrected chi connectivity index (χ1v) is 11.7. The molecule has 0 aromatic heterocycles. The van der Waals surface area contributed by atoms with Crippen LogP contribution in [0.4, 0.5) is 5.69 Å². The van der Waals surface area contributed by atoms with Crippen LogP contribution in [0.15, 0.2) is 42.5 Å². The normalized spacial score (nSPS) is 12.2. The van der Waals surface area contributed by atoms with Crippen LogP contribution in [0, 0.1) is 0 Å². The van der Waals surface area contributed by atoms with E-state index in [1.807, 2.05) is 32.0 Å². The van der Waals surface area contributed by atoms with Crippen LogP contribution in [0.5, 0.6) is 17.2 Å². The molecule has 0 heterocycles. The molecule has 0 saturated carbocycles. The van der Waals surface area contributed by atoms with Gasteiger partial charge in [-0.3, -0.25) is 9.10 Å². The Morgan fingerprint density at radius 1 is 1.03 bits per heavy atom. The minimum Gasteiger partial charge on any atom is -0.493 e. The molecule has 1 amide bonds. The van der Waals surface area contributed by atoms with Gasteiger partial charge in [0.15, 0.2) is 17.6 Å².